The van der Waals surface area contributed by atoms with Crippen LogP contribution >= 0.6 is 0 Å². The summed E-state index contributed by atoms with van der Waals surface area (Å²) in [5.74, 6) is -4.90. The van der Waals surface area contributed by atoms with Gasteiger partial charge < -0.3 is 52.3 Å². The average molecular weight is 1230 g/mol. The van der Waals surface area contributed by atoms with Crippen LogP contribution in [0.1, 0.15) is 155 Å². The molecule has 3 aromatic rings. The molecular formula is C61H87N11O12S2. The maximum absolute atomic E-state index is 15.0. The van der Waals surface area contributed by atoms with E-state index in [2.05, 4.69) is 42.5 Å². The summed E-state index contributed by atoms with van der Waals surface area (Å²) in [6, 6.07) is 10.1. The lowest BCUT2D eigenvalue weighted by Gasteiger charge is -2.36. The fraction of sp³-hybridized carbons (Fsp3) is 0.574. The number of nitrogens with zero attached hydrogens (tertiary/aromatic N) is 3. The van der Waals surface area contributed by atoms with Crippen molar-refractivity contribution in [2.75, 3.05) is 43.4 Å². The minimum absolute atomic E-state index is 0.0843. The van der Waals surface area contributed by atoms with E-state index in [-0.39, 0.29) is 52.9 Å². The molecule has 0 radical (unpaired) electrons. The van der Waals surface area contributed by atoms with Gasteiger partial charge in [0.2, 0.25) is 55.5 Å². The van der Waals surface area contributed by atoms with Crippen LogP contribution in [0.2, 0.25) is 0 Å². The number of likely N-dealkylation sites (N-methyl/N-ethyl adjacent to an activating group) is 2. The number of nitrogens with one attached hydrogen (secondary N) is 8. The lowest BCUT2D eigenvalue weighted by atomic mass is 9.85. The van der Waals surface area contributed by atoms with E-state index in [1.807, 2.05) is 55.5 Å². The van der Waals surface area contributed by atoms with Gasteiger partial charge >= 0.3 is 0 Å². The van der Waals surface area contributed by atoms with Gasteiger partial charge in [-0.2, -0.15) is 3.71 Å². The van der Waals surface area contributed by atoms with Gasteiger partial charge in [0.25, 0.3) is 11.8 Å². The molecule has 1 unspecified atom stereocenters. The highest BCUT2D eigenvalue weighted by Crippen LogP contribution is 2.35. The molecule has 0 aromatic heterocycles. The quantitative estimate of drug-likeness (QED) is 0.0808. The number of carbonyl (C=O) groups is 8. The SMILES string of the molecule is CC[C@H](NC)C(=O)N[C@H](C(=O)N1C[C@@H](NC(=O)c2cc(C(=O)N[C@H]3C[C@@H](C(=O)N[C@@H]4CCCc5ccccc54)N(C(=O)[C@@H](NC(=O)[C@H](C)NC)C(C)(C)C)C3)cc(N(S(C)(=O)=O)S(C)(=O)=O)c2)C[C@H]1C(=O)NC1CCCc2ccccc21)C(C)(C)C. The van der Waals surface area contributed by atoms with Crippen molar-refractivity contribution >= 4 is 73.0 Å². The first-order valence-electron chi connectivity index (χ1n) is 29.5. The molecule has 10 atom stereocenters. The molecule has 8 N–H and O–H groups in total. The largest absolute Gasteiger partial charge is 0.347 e. The van der Waals surface area contributed by atoms with E-state index in [0.717, 1.165) is 66.1 Å². The lowest BCUT2D eigenvalue weighted by molar-refractivity contribution is -0.144. The predicted molar refractivity (Wildman–Crippen MR) is 326 cm³/mol. The highest BCUT2D eigenvalue weighted by molar-refractivity contribution is 8.09. The first kappa shape index (κ1) is 66.6. The topological polar surface area (TPSA) is 311 Å². The number of carbonyl (C=O) groups excluding carboxylic acids is 8. The van der Waals surface area contributed by atoms with E-state index in [1.165, 1.54) is 9.80 Å². The molecule has 23 nitrogen and oxygen atoms in total. The Balaban J connectivity index is 1.22. The third-order valence-corrected chi connectivity index (χ3v) is 20.0. The van der Waals surface area contributed by atoms with Crippen LogP contribution in [0.15, 0.2) is 66.7 Å². The van der Waals surface area contributed by atoms with E-state index in [4.69, 9.17) is 0 Å². The Labute approximate surface area is 506 Å². The van der Waals surface area contributed by atoms with Crippen molar-refractivity contribution < 1.29 is 55.2 Å². The number of fused-ring (bicyclic) bond motifs is 2. The molecule has 2 fully saturated rings. The highest BCUT2D eigenvalue weighted by atomic mass is 32.3. The summed E-state index contributed by atoms with van der Waals surface area (Å²) in [6.45, 7) is 13.6. The zero-order valence-electron chi connectivity index (χ0n) is 51.5. The van der Waals surface area contributed by atoms with Crippen LogP contribution < -0.4 is 46.2 Å². The Bertz CT molecular complexity index is 3270. The summed E-state index contributed by atoms with van der Waals surface area (Å²) in [5, 5.41) is 23.6. The Morgan fingerprint density at radius 1 is 0.593 bits per heavy atom. The van der Waals surface area contributed by atoms with Crippen LogP contribution in [0.5, 0.6) is 0 Å². The number of sulfonamides is 2. The first-order chi connectivity index (χ1) is 40.2. The van der Waals surface area contributed by atoms with Crippen molar-refractivity contribution in [2.24, 2.45) is 10.8 Å². The van der Waals surface area contributed by atoms with Gasteiger partial charge in [-0.25, -0.2) is 16.8 Å². The molecule has 7 rings (SSSR count). The molecular weight excluding hydrogens is 1140 g/mol. The number of rotatable bonds is 20. The van der Waals surface area contributed by atoms with Crippen LogP contribution in [-0.2, 0) is 61.7 Å². The minimum Gasteiger partial charge on any atom is -0.347 e. The van der Waals surface area contributed by atoms with Crippen molar-refractivity contribution in [3.05, 3.63) is 100 Å². The van der Waals surface area contributed by atoms with E-state index in [9.17, 15) is 55.2 Å². The van der Waals surface area contributed by atoms with Gasteiger partial charge in [0.15, 0.2) is 0 Å². The molecule has 8 amide bonds. The molecule has 25 heteroatoms. The average Bonchev–Trinajstić information content (AvgIpc) is 2.24. The van der Waals surface area contributed by atoms with Gasteiger partial charge in [-0.1, -0.05) is 97.0 Å². The molecule has 2 heterocycles. The Morgan fingerprint density at radius 2 is 1.00 bits per heavy atom. The Hall–Kier alpha value is -6.96. The molecule has 2 aliphatic carbocycles. The van der Waals surface area contributed by atoms with E-state index < -0.39 is 132 Å². The maximum Gasteiger partial charge on any atom is 0.251 e. The number of hydrogen-bond acceptors (Lipinski definition) is 14. The van der Waals surface area contributed by atoms with Crippen LogP contribution in [-0.4, -0.2) is 162 Å². The number of hydrogen-bond donors (Lipinski definition) is 8. The zero-order chi connectivity index (χ0) is 63.4. The molecule has 0 spiro atoms. The van der Waals surface area contributed by atoms with Crippen molar-refractivity contribution in [2.45, 2.75) is 174 Å². The van der Waals surface area contributed by atoms with Crippen LogP contribution in [0, 0.1) is 10.8 Å². The molecule has 0 saturated carbocycles. The first-order valence-corrected chi connectivity index (χ1v) is 33.2. The van der Waals surface area contributed by atoms with Crippen molar-refractivity contribution in [3.63, 3.8) is 0 Å². The Morgan fingerprint density at radius 3 is 1.37 bits per heavy atom. The van der Waals surface area contributed by atoms with Gasteiger partial charge in [0, 0.05) is 36.3 Å². The third kappa shape index (κ3) is 15.6. The number of likely N-dealkylation sites (tertiary alicyclic amines) is 2. The van der Waals surface area contributed by atoms with E-state index in [0.29, 0.717) is 31.8 Å². The molecule has 2 aliphatic heterocycles. The summed E-state index contributed by atoms with van der Waals surface area (Å²) in [4.78, 5) is 118. The van der Waals surface area contributed by atoms with E-state index in [1.54, 1.807) is 62.6 Å². The normalized spacial score (nSPS) is 22.0. The molecule has 0 bridgehead atoms. The fourth-order valence-electron chi connectivity index (χ4n) is 12.1. The smallest absolute Gasteiger partial charge is 0.251 e. The summed E-state index contributed by atoms with van der Waals surface area (Å²) in [7, 11) is -6.11. The lowest BCUT2D eigenvalue weighted by Crippen LogP contribution is -2.60. The molecule has 86 heavy (non-hydrogen) atoms. The standard InChI is InChI=1S/C61H87N11O12S2/c1-13-45(63-10)55(76)69-51(61(6,7)8)59(80)71-34-41(32-49(71)57(78)67-47-27-19-23-37-21-15-17-25-44(37)47)65-54(75)39-28-38(29-42(30-39)72(85(11,81)82)86(12,83)84)53(74)64-40-31-48(56(77)66-46-26-18-22-36-20-14-16-24-43(36)46)70(33-40)58(79)50(60(3,4)5)68-52(73)35(2)62-9/h14-17,20-21,24-25,28-30,35,40-41,45-51,62-63H,13,18-19,22-23,26-27,31-34H2,1-12H3,(H,64,74)(H,65,75)(H,66,77)(H,67,78)(H,68,73)(H,69,76)/t35-,40-,41-,45-,46+,47?,48-,49-,50+,51+/m0/s1. The molecule has 2 saturated heterocycles. The number of anilines is 1. The van der Waals surface area contributed by atoms with Crippen molar-refractivity contribution in [1.82, 2.24) is 52.3 Å². The number of benzene rings is 3. The second-order valence-electron chi connectivity index (χ2n) is 25.5. The van der Waals surface area contributed by atoms with Gasteiger partial charge in [-0.15, -0.1) is 0 Å². The van der Waals surface area contributed by atoms with Gasteiger partial charge in [-0.3, -0.25) is 38.4 Å². The minimum atomic E-state index is -4.67. The van der Waals surface area contributed by atoms with E-state index >= 15 is 0 Å². The van der Waals surface area contributed by atoms with Gasteiger partial charge in [0.1, 0.15) is 24.2 Å². The molecule has 3 aromatic carbocycles. The summed E-state index contributed by atoms with van der Waals surface area (Å²) >= 11 is 0. The predicted octanol–water partition coefficient (Wildman–Crippen LogP) is 2.87. The fourth-order valence-corrected chi connectivity index (χ4v) is 15.1. The summed E-state index contributed by atoms with van der Waals surface area (Å²) in [6.07, 6.45) is 5.99. The van der Waals surface area contributed by atoms with Crippen LogP contribution in [0.3, 0.4) is 0 Å². The Kier molecular flexibility index (Phi) is 20.9. The second kappa shape index (κ2) is 27.0. The van der Waals surface area contributed by atoms with Crippen LogP contribution in [0.25, 0.3) is 0 Å². The maximum atomic E-state index is 15.0. The van der Waals surface area contributed by atoms with Crippen LogP contribution in [0.4, 0.5) is 5.69 Å². The van der Waals surface area contributed by atoms with Gasteiger partial charge in [0.05, 0.1) is 42.4 Å². The second-order valence-corrected chi connectivity index (χ2v) is 29.4. The van der Waals surface area contributed by atoms with Crippen molar-refractivity contribution in [3.8, 4) is 0 Å². The molecule has 470 valence electrons. The number of amides is 8. The summed E-state index contributed by atoms with van der Waals surface area (Å²) < 4.78 is 53.5. The zero-order valence-corrected chi connectivity index (χ0v) is 53.1. The number of aryl methyl sites for hydroxylation is 2. The highest BCUT2D eigenvalue weighted by Gasteiger charge is 2.48. The van der Waals surface area contributed by atoms with Gasteiger partial charge in [-0.05, 0) is 130 Å². The monoisotopic (exact) mass is 1230 g/mol. The summed E-state index contributed by atoms with van der Waals surface area (Å²) in [5.41, 5.74) is 0.974. The third-order valence-electron chi connectivity index (χ3n) is 16.8. The van der Waals surface area contributed by atoms with Crippen molar-refractivity contribution in [1.29, 1.82) is 0 Å². The molecule has 4 aliphatic rings.